The molecule has 0 unspecified atom stereocenters. The van der Waals surface area contributed by atoms with Gasteiger partial charge in [-0.05, 0) is 29.3 Å². The van der Waals surface area contributed by atoms with Crippen LogP contribution in [0.3, 0.4) is 0 Å². The molecule has 4 heteroatoms. The molecule has 30 heavy (non-hydrogen) atoms. The van der Waals surface area contributed by atoms with Gasteiger partial charge in [0.2, 0.25) is 5.91 Å². The molecule has 3 aromatic carbocycles. The van der Waals surface area contributed by atoms with Crippen LogP contribution in [-0.4, -0.2) is 16.7 Å². The van der Waals surface area contributed by atoms with Gasteiger partial charge in [0.25, 0.3) is 0 Å². The van der Waals surface area contributed by atoms with Crippen molar-refractivity contribution in [1.82, 2.24) is 9.99 Å². The molecule has 0 saturated carbocycles. The average molecular weight is 393 g/mol. The number of hydrazone groups is 1. The lowest BCUT2D eigenvalue weighted by Crippen LogP contribution is -2.15. The van der Waals surface area contributed by atoms with Crippen molar-refractivity contribution in [2.45, 2.75) is 13.3 Å². The fourth-order valence-corrected chi connectivity index (χ4v) is 3.44. The van der Waals surface area contributed by atoms with Crippen molar-refractivity contribution < 1.29 is 4.79 Å². The third-order valence-electron chi connectivity index (χ3n) is 4.88. The molecule has 0 bridgehead atoms. The van der Waals surface area contributed by atoms with Crippen LogP contribution in [-0.2, 0) is 4.79 Å². The summed E-state index contributed by atoms with van der Waals surface area (Å²) in [6.07, 6.45) is 2.12. The summed E-state index contributed by atoms with van der Waals surface area (Å²) in [5.74, 6) is -0.113. The number of para-hydroxylation sites is 1. The van der Waals surface area contributed by atoms with Gasteiger partial charge in [0.15, 0.2) is 0 Å². The molecule has 0 aliphatic rings. The van der Waals surface area contributed by atoms with Crippen molar-refractivity contribution in [3.63, 3.8) is 0 Å². The second-order valence-electron chi connectivity index (χ2n) is 6.88. The number of amides is 1. The molecule has 0 aliphatic carbocycles. The Morgan fingerprint density at radius 1 is 0.867 bits per heavy atom. The first-order valence-corrected chi connectivity index (χ1v) is 10.0. The summed E-state index contributed by atoms with van der Waals surface area (Å²) >= 11 is 0. The van der Waals surface area contributed by atoms with Crippen LogP contribution in [0.4, 0.5) is 0 Å². The van der Waals surface area contributed by atoms with E-state index >= 15 is 0 Å². The smallest absolute Gasteiger partial charge is 0.239 e. The van der Waals surface area contributed by atoms with Gasteiger partial charge in [0, 0.05) is 17.7 Å². The third kappa shape index (κ3) is 4.08. The van der Waals surface area contributed by atoms with Crippen molar-refractivity contribution in [3.05, 3.63) is 103 Å². The number of carbonyl (C=O) groups is 1. The van der Waals surface area contributed by atoms with Crippen LogP contribution in [0.1, 0.15) is 18.9 Å². The van der Waals surface area contributed by atoms with E-state index in [-0.39, 0.29) is 5.91 Å². The van der Waals surface area contributed by atoms with Crippen molar-refractivity contribution in [1.29, 1.82) is 0 Å². The largest absolute Gasteiger partial charge is 0.309 e. The van der Waals surface area contributed by atoms with Crippen molar-refractivity contribution in [2.75, 3.05) is 0 Å². The van der Waals surface area contributed by atoms with E-state index in [1.54, 1.807) is 13.1 Å². The summed E-state index contributed by atoms with van der Waals surface area (Å²) in [6, 6.07) is 32.9. The maximum absolute atomic E-state index is 11.6. The number of aromatic nitrogens is 1. The second kappa shape index (κ2) is 9.05. The van der Waals surface area contributed by atoms with Crippen LogP contribution in [0.25, 0.3) is 28.2 Å². The maximum Gasteiger partial charge on any atom is 0.239 e. The monoisotopic (exact) mass is 393 g/mol. The molecule has 148 valence electrons. The molecule has 4 nitrogen and oxygen atoms in total. The molecule has 1 aromatic heterocycles. The minimum Gasteiger partial charge on any atom is -0.309 e. The lowest BCUT2D eigenvalue weighted by molar-refractivity contribution is -0.120. The van der Waals surface area contributed by atoms with Gasteiger partial charge in [-0.25, -0.2) is 5.43 Å². The minimum absolute atomic E-state index is 0.113. The molecule has 0 aliphatic heterocycles. The number of hydrogen-bond donors (Lipinski definition) is 1. The first kappa shape index (κ1) is 19.4. The number of nitrogens with zero attached hydrogens (tertiary/aromatic N) is 2. The number of hydrogen-bond acceptors (Lipinski definition) is 2. The Bertz CT molecular complexity index is 1150. The quantitative estimate of drug-likeness (QED) is 0.333. The van der Waals surface area contributed by atoms with Gasteiger partial charge >= 0.3 is 0 Å². The topological polar surface area (TPSA) is 46.4 Å². The Balaban J connectivity index is 1.96. The highest BCUT2D eigenvalue weighted by molar-refractivity contribution is 5.94. The van der Waals surface area contributed by atoms with E-state index in [0.717, 1.165) is 33.8 Å². The molecule has 1 amide bonds. The van der Waals surface area contributed by atoms with Crippen LogP contribution < -0.4 is 5.43 Å². The summed E-state index contributed by atoms with van der Waals surface area (Å²) in [4.78, 5) is 11.6. The Labute approximate surface area is 176 Å². The van der Waals surface area contributed by atoms with E-state index in [1.807, 2.05) is 54.6 Å². The van der Waals surface area contributed by atoms with Gasteiger partial charge in [-0.3, -0.25) is 4.79 Å². The highest BCUT2D eigenvalue weighted by Gasteiger charge is 2.18. The normalized spacial score (nSPS) is 11.0. The predicted octanol–water partition coefficient (Wildman–Crippen LogP) is 5.67. The maximum atomic E-state index is 11.6. The molecule has 4 rings (SSSR count). The molecule has 0 atom stereocenters. The molecule has 0 saturated heterocycles. The Hall–Kier alpha value is -3.92. The number of benzene rings is 3. The van der Waals surface area contributed by atoms with Gasteiger partial charge in [0.1, 0.15) is 0 Å². The van der Waals surface area contributed by atoms with Crippen molar-refractivity contribution >= 4 is 12.1 Å². The summed E-state index contributed by atoms with van der Waals surface area (Å²) in [5.41, 5.74) is 8.85. The van der Waals surface area contributed by atoms with Crippen molar-refractivity contribution in [2.24, 2.45) is 5.10 Å². The third-order valence-corrected chi connectivity index (χ3v) is 4.88. The lowest BCUT2D eigenvalue weighted by atomic mass is 10.1. The first-order chi connectivity index (χ1) is 14.8. The Kier molecular flexibility index (Phi) is 5.85. The standard InChI is InChI=1S/C26H23N3O/c1-2-25(30)28-27-19-22-18-24(20-12-6-3-7-13-20)29(23-16-10-5-11-17-23)26(22)21-14-8-4-9-15-21/h3-19H,2H2,1H3,(H,28,30)/b27-19+. The lowest BCUT2D eigenvalue weighted by Gasteiger charge is -2.15. The molecular weight excluding hydrogens is 370 g/mol. The molecule has 4 aromatic rings. The van der Waals surface area contributed by atoms with E-state index in [0.29, 0.717) is 6.42 Å². The van der Waals surface area contributed by atoms with E-state index < -0.39 is 0 Å². The zero-order chi connectivity index (χ0) is 20.8. The highest BCUT2D eigenvalue weighted by Crippen LogP contribution is 2.35. The summed E-state index contributed by atoms with van der Waals surface area (Å²) < 4.78 is 2.24. The summed E-state index contributed by atoms with van der Waals surface area (Å²) in [7, 11) is 0. The van der Waals surface area contributed by atoms with E-state index in [1.165, 1.54) is 0 Å². The molecule has 1 heterocycles. The molecule has 0 radical (unpaired) electrons. The molecular formula is C26H23N3O. The fourth-order valence-electron chi connectivity index (χ4n) is 3.44. The predicted molar refractivity (Wildman–Crippen MR) is 123 cm³/mol. The highest BCUT2D eigenvalue weighted by atomic mass is 16.2. The minimum atomic E-state index is -0.113. The van der Waals surface area contributed by atoms with E-state index in [9.17, 15) is 4.79 Å². The van der Waals surface area contributed by atoms with Crippen LogP contribution in [0.15, 0.2) is 102 Å². The molecule has 0 fully saturated rings. The zero-order valence-electron chi connectivity index (χ0n) is 16.8. The number of carbonyl (C=O) groups excluding carboxylic acids is 1. The van der Waals surface area contributed by atoms with E-state index in [4.69, 9.17) is 0 Å². The Morgan fingerprint density at radius 2 is 1.43 bits per heavy atom. The molecule has 1 N–H and O–H groups in total. The van der Waals surface area contributed by atoms with Crippen LogP contribution >= 0.6 is 0 Å². The second-order valence-corrected chi connectivity index (χ2v) is 6.88. The number of nitrogens with one attached hydrogen (secondary N) is 1. The van der Waals surface area contributed by atoms with E-state index in [2.05, 4.69) is 57.6 Å². The van der Waals surface area contributed by atoms with Crippen molar-refractivity contribution in [3.8, 4) is 28.2 Å². The van der Waals surface area contributed by atoms with Crippen LogP contribution in [0, 0.1) is 0 Å². The van der Waals surface area contributed by atoms with Gasteiger partial charge in [0.05, 0.1) is 17.6 Å². The van der Waals surface area contributed by atoms with Crippen LogP contribution in [0.5, 0.6) is 0 Å². The average Bonchev–Trinajstić information content (AvgIpc) is 3.20. The van der Waals surface area contributed by atoms with Gasteiger partial charge in [-0.2, -0.15) is 5.10 Å². The fraction of sp³-hybridized carbons (Fsp3) is 0.0769. The SMILES string of the molecule is CCC(=O)N/N=C/c1cc(-c2ccccc2)n(-c2ccccc2)c1-c1ccccc1. The first-order valence-electron chi connectivity index (χ1n) is 10.0. The van der Waals surface area contributed by atoms with Crippen LogP contribution in [0.2, 0.25) is 0 Å². The summed E-state index contributed by atoms with van der Waals surface area (Å²) in [6.45, 7) is 1.81. The van der Waals surface area contributed by atoms with Gasteiger partial charge in [-0.1, -0.05) is 85.8 Å². The van der Waals surface area contributed by atoms with Gasteiger partial charge in [-0.15, -0.1) is 0 Å². The summed E-state index contributed by atoms with van der Waals surface area (Å²) in [5, 5.41) is 4.20. The zero-order valence-corrected chi connectivity index (χ0v) is 16.8. The molecule has 0 spiro atoms. The van der Waals surface area contributed by atoms with Gasteiger partial charge < -0.3 is 4.57 Å². The number of rotatable bonds is 6. The Morgan fingerprint density at radius 3 is 2.03 bits per heavy atom.